The Kier molecular flexibility index (Phi) is 6.40. The second-order valence-electron chi connectivity index (χ2n) is 7.86. The van der Waals surface area contributed by atoms with Gasteiger partial charge in [-0.15, -0.1) is 16.9 Å². The number of carbonyl (C=O) groups is 1. The number of nitrogens with zero attached hydrogens (tertiary/aromatic N) is 5. The lowest BCUT2D eigenvalue weighted by Crippen LogP contribution is -2.13. The SMILES string of the molecule is CCCn1ccc2cc(NC(=O)c3ccccc3SCc3nnnn3-c3ccccc3)ccc21. The predicted molar refractivity (Wildman–Crippen MR) is 135 cm³/mol. The quantitative estimate of drug-likeness (QED) is 0.301. The van der Waals surface area contributed by atoms with Gasteiger partial charge in [-0.2, -0.15) is 4.68 Å². The van der Waals surface area contributed by atoms with Gasteiger partial charge in [0.15, 0.2) is 5.82 Å². The van der Waals surface area contributed by atoms with E-state index in [4.69, 9.17) is 0 Å². The number of aryl methyl sites for hydroxylation is 1. The number of thioether (sulfide) groups is 1. The highest BCUT2D eigenvalue weighted by Gasteiger charge is 2.15. The molecule has 1 N–H and O–H groups in total. The number of fused-ring (bicyclic) bond motifs is 1. The largest absolute Gasteiger partial charge is 0.347 e. The summed E-state index contributed by atoms with van der Waals surface area (Å²) in [6, 6.07) is 25.5. The molecule has 0 saturated heterocycles. The number of aromatic nitrogens is 5. The van der Waals surface area contributed by atoms with E-state index in [-0.39, 0.29) is 5.91 Å². The molecule has 0 radical (unpaired) electrons. The minimum absolute atomic E-state index is 0.141. The highest BCUT2D eigenvalue weighted by molar-refractivity contribution is 7.98. The monoisotopic (exact) mass is 468 g/mol. The van der Waals surface area contributed by atoms with Gasteiger partial charge < -0.3 is 9.88 Å². The molecule has 2 heterocycles. The number of carbonyl (C=O) groups excluding carboxylic acids is 1. The Bertz CT molecular complexity index is 1430. The Hall–Kier alpha value is -3.91. The summed E-state index contributed by atoms with van der Waals surface area (Å²) in [6.07, 6.45) is 3.17. The van der Waals surface area contributed by atoms with Gasteiger partial charge in [-0.3, -0.25) is 4.79 Å². The maximum atomic E-state index is 13.2. The summed E-state index contributed by atoms with van der Waals surface area (Å²) in [5.74, 6) is 1.11. The van der Waals surface area contributed by atoms with Crippen molar-refractivity contribution >= 4 is 34.3 Å². The summed E-state index contributed by atoms with van der Waals surface area (Å²) < 4.78 is 3.95. The van der Waals surface area contributed by atoms with Crippen molar-refractivity contribution in [3.05, 3.63) is 96.4 Å². The smallest absolute Gasteiger partial charge is 0.256 e. The Labute approximate surface area is 201 Å². The molecule has 0 saturated carbocycles. The molecule has 0 unspecified atom stereocenters. The van der Waals surface area contributed by atoms with Gasteiger partial charge in [0.25, 0.3) is 5.91 Å². The van der Waals surface area contributed by atoms with Crippen molar-refractivity contribution in [1.29, 1.82) is 0 Å². The molecule has 0 spiro atoms. The highest BCUT2D eigenvalue weighted by atomic mass is 32.2. The Morgan fingerprint density at radius 3 is 2.68 bits per heavy atom. The van der Waals surface area contributed by atoms with E-state index in [0.717, 1.165) is 34.6 Å². The molecule has 1 amide bonds. The van der Waals surface area contributed by atoms with Crippen LogP contribution in [0, 0.1) is 0 Å². The van der Waals surface area contributed by atoms with E-state index in [1.54, 1.807) is 4.68 Å². The zero-order chi connectivity index (χ0) is 23.3. The molecule has 2 aromatic heterocycles. The average Bonchev–Trinajstić information content (AvgIpc) is 3.51. The van der Waals surface area contributed by atoms with Gasteiger partial charge in [0.05, 0.1) is 17.0 Å². The van der Waals surface area contributed by atoms with Crippen LogP contribution in [0.5, 0.6) is 0 Å². The second kappa shape index (κ2) is 9.93. The van der Waals surface area contributed by atoms with Crippen LogP contribution in [0.25, 0.3) is 16.6 Å². The zero-order valence-corrected chi connectivity index (χ0v) is 19.6. The summed E-state index contributed by atoms with van der Waals surface area (Å²) in [4.78, 5) is 14.0. The fourth-order valence-electron chi connectivity index (χ4n) is 3.90. The maximum Gasteiger partial charge on any atom is 0.256 e. The number of benzene rings is 3. The summed E-state index contributed by atoms with van der Waals surface area (Å²) in [7, 11) is 0. The van der Waals surface area contributed by atoms with Gasteiger partial charge in [-0.25, -0.2) is 0 Å². The first-order valence-electron chi connectivity index (χ1n) is 11.2. The molecule has 34 heavy (non-hydrogen) atoms. The highest BCUT2D eigenvalue weighted by Crippen LogP contribution is 2.28. The average molecular weight is 469 g/mol. The van der Waals surface area contributed by atoms with Crippen LogP contribution < -0.4 is 5.32 Å². The van der Waals surface area contributed by atoms with Gasteiger partial charge in [0, 0.05) is 34.2 Å². The van der Waals surface area contributed by atoms with Crippen LogP contribution in [-0.4, -0.2) is 30.7 Å². The standard InChI is InChI=1S/C26H24N6OS/c1-2-15-31-16-14-19-17-20(12-13-23(19)31)27-26(33)22-10-6-7-11-24(22)34-18-25-28-29-30-32(25)21-8-4-3-5-9-21/h3-14,16-17H,2,15,18H2,1H3,(H,27,33). The van der Waals surface area contributed by atoms with Gasteiger partial charge >= 0.3 is 0 Å². The van der Waals surface area contributed by atoms with Crippen LogP contribution in [-0.2, 0) is 12.3 Å². The molecular formula is C26H24N6OS. The molecule has 3 aromatic carbocycles. The van der Waals surface area contributed by atoms with Crippen molar-refractivity contribution in [2.45, 2.75) is 30.5 Å². The number of nitrogens with one attached hydrogen (secondary N) is 1. The lowest BCUT2D eigenvalue weighted by molar-refractivity contribution is 0.102. The first-order valence-corrected chi connectivity index (χ1v) is 12.2. The van der Waals surface area contributed by atoms with E-state index in [9.17, 15) is 4.79 Å². The fraction of sp³-hybridized carbons (Fsp3) is 0.154. The van der Waals surface area contributed by atoms with Gasteiger partial charge in [-0.1, -0.05) is 37.3 Å². The Morgan fingerprint density at radius 2 is 1.82 bits per heavy atom. The van der Waals surface area contributed by atoms with Crippen molar-refractivity contribution in [3.63, 3.8) is 0 Å². The molecule has 7 nitrogen and oxygen atoms in total. The van der Waals surface area contributed by atoms with E-state index in [0.29, 0.717) is 17.1 Å². The first kappa shape index (κ1) is 21.9. The normalized spacial score (nSPS) is 11.1. The molecule has 5 aromatic rings. The summed E-state index contributed by atoms with van der Waals surface area (Å²) >= 11 is 1.54. The molecule has 0 aliphatic heterocycles. The molecule has 0 fully saturated rings. The topological polar surface area (TPSA) is 77.6 Å². The second-order valence-corrected chi connectivity index (χ2v) is 8.88. The van der Waals surface area contributed by atoms with Gasteiger partial charge in [-0.05, 0) is 65.4 Å². The van der Waals surface area contributed by atoms with Crippen molar-refractivity contribution in [1.82, 2.24) is 24.8 Å². The third-order valence-corrected chi connectivity index (χ3v) is 6.59. The lowest BCUT2D eigenvalue weighted by Gasteiger charge is -2.11. The molecule has 8 heteroatoms. The number of para-hydroxylation sites is 1. The summed E-state index contributed by atoms with van der Waals surface area (Å²) in [6.45, 7) is 3.14. The number of hydrogen-bond donors (Lipinski definition) is 1. The molecular weight excluding hydrogens is 444 g/mol. The molecule has 5 rings (SSSR count). The van der Waals surface area contributed by atoms with Gasteiger partial charge in [0.2, 0.25) is 0 Å². The summed E-state index contributed by atoms with van der Waals surface area (Å²) in [5, 5.41) is 16.3. The molecule has 0 atom stereocenters. The Morgan fingerprint density at radius 1 is 1.00 bits per heavy atom. The third kappa shape index (κ3) is 4.58. The van der Waals surface area contributed by atoms with Crippen LogP contribution in [0.4, 0.5) is 5.69 Å². The maximum absolute atomic E-state index is 13.2. The number of hydrogen-bond acceptors (Lipinski definition) is 5. The number of anilines is 1. The first-order chi connectivity index (χ1) is 16.7. The van der Waals surface area contributed by atoms with Crippen LogP contribution >= 0.6 is 11.8 Å². The van der Waals surface area contributed by atoms with E-state index in [2.05, 4.69) is 50.7 Å². The minimum Gasteiger partial charge on any atom is -0.347 e. The third-order valence-electron chi connectivity index (χ3n) is 5.52. The molecule has 0 bridgehead atoms. The van der Waals surface area contributed by atoms with E-state index in [1.165, 1.54) is 17.3 Å². The van der Waals surface area contributed by atoms with Crippen molar-refractivity contribution in [3.8, 4) is 5.69 Å². The van der Waals surface area contributed by atoms with Crippen LogP contribution in [0.1, 0.15) is 29.5 Å². The zero-order valence-electron chi connectivity index (χ0n) is 18.8. The van der Waals surface area contributed by atoms with E-state index < -0.39 is 0 Å². The van der Waals surface area contributed by atoms with Crippen molar-refractivity contribution in [2.24, 2.45) is 0 Å². The van der Waals surface area contributed by atoms with Crippen LogP contribution in [0.15, 0.2) is 90.0 Å². The van der Waals surface area contributed by atoms with E-state index in [1.807, 2.05) is 66.7 Å². The van der Waals surface area contributed by atoms with Crippen molar-refractivity contribution in [2.75, 3.05) is 5.32 Å². The predicted octanol–water partition coefficient (Wildman–Crippen LogP) is 5.57. The van der Waals surface area contributed by atoms with Gasteiger partial charge in [0.1, 0.15) is 0 Å². The molecule has 0 aliphatic rings. The minimum atomic E-state index is -0.141. The lowest BCUT2D eigenvalue weighted by atomic mass is 10.2. The number of rotatable bonds is 8. The van der Waals surface area contributed by atoms with Crippen LogP contribution in [0.2, 0.25) is 0 Å². The van der Waals surface area contributed by atoms with Crippen LogP contribution in [0.3, 0.4) is 0 Å². The molecule has 0 aliphatic carbocycles. The van der Waals surface area contributed by atoms with Crippen molar-refractivity contribution < 1.29 is 4.79 Å². The number of tetrazole rings is 1. The fourth-order valence-corrected chi connectivity index (χ4v) is 4.86. The number of amides is 1. The summed E-state index contributed by atoms with van der Waals surface area (Å²) in [5.41, 5.74) is 3.47. The molecule has 170 valence electrons. The Balaban J connectivity index is 1.32. The van der Waals surface area contributed by atoms with E-state index >= 15 is 0 Å².